The molecule has 0 aliphatic carbocycles. The lowest BCUT2D eigenvalue weighted by Crippen LogP contribution is -2.44. The van der Waals surface area contributed by atoms with Crippen molar-refractivity contribution < 1.29 is 4.79 Å². The standard InChI is InChI=1S/C10H19N3O/c1-4-5-6-11-10(14)9-7-8(2)12-13(9)3/h4-5,8-9,12H,6-7H2,1-3H3,(H,11,14)/b5-4+. The summed E-state index contributed by atoms with van der Waals surface area (Å²) in [4.78, 5) is 11.6. The highest BCUT2D eigenvalue weighted by Crippen LogP contribution is 2.11. The van der Waals surface area contributed by atoms with Gasteiger partial charge in [0.2, 0.25) is 5.91 Å². The fraction of sp³-hybridized carbons (Fsp3) is 0.700. The SMILES string of the molecule is C/C=C/CNC(=O)C1CC(C)NN1C. The minimum atomic E-state index is -0.0322. The number of nitrogens with one attached hydrogen (secondary N) is 2. The first kappa shape index (κ1) is 11.2. The lowest BCUT2D eigenvalue weighted by atomic mass is 10.1. The quantitative estimate of drug-likeness (QED) is 0.639. The molecule has 1 amide bonds. The van der Waals surface area contributed by atoms with E-state index >= 15 is 0 Å². The molecule has 1 saturated heterocycles. The molecular weight excluding hydrogens is 178 g/mol. The second-order valence-corrected chi connectivity index (χ2v) is 3.71. The van der Waals surface area contributed by atoms with Gasteiger partial charge in [-0.15, -0.1) is 0 Å². The number of hydrazine groups is 1. The van der Waals surface area contributed by atoms with Crippen molar-refractivity contribution in [1.29, 1.82) is 0 Å². The van der Waals surface area contributed by atoms with Gasteiger partial charge in [0.1, 0.15) is 6.04 Å². The smallest absolute Gasteiger partial charge is 0.239 e. The molecule has 1 heterocycles. The summed E-state index contributed by atoms with van der Waals surface area (Å²) in [5, 5.41) is 4.75. The zero-order chi connectivity index (χ0) is 10.6. The average Bonchev–Trinajstić information content (AvgIpc) is 2.45. The molecule has 14 heavy (non-hydrogen) atoms. The number of carbonyl (C=O) groups is 1. The molecule has 0 radical (unpaired) electrons. The van der Waals surface area contributed by atoms with E-state index < -0.39 is 0 Å². The van der Waals surface area contributed by atoms with Crippen molar-refractivity contribution in [3.8, 4) is 0 Å². The molecule has 2 unspecified atom stereocenters. The van der Waals surface area contributed by atoms with E-state index in [4.69, 9.17) is 0 Å². The van der Waals surface area contributed by atoms with E-state index in [9.17, 15) is 4.79 Å². The van der Waals surface area contributed by atoms with Crippen molar-refractivity contribution in [2.75, 3.05) is 13.6 Å². The Morgan fingerprint density at radius 3 is 2.93 bits per heavy atom. The summed E-state index contributed by atoms with van der Waals surface area (Å²) in [5.41, 5.74) is 3.19. The van der Waals surface area contributed by atoms with Crippen molar-refractivity contribution in [3.05, 3.63) is 12.2 Å². The molecular formula is C10H19N3O. The molecule has 0 aromatic rings. The van der Waals surface area contributed by atoms with E-state index in [1.807, 2.05) is 31.1 Å². The Kier molecular flexibility index (Phi) is 4.10. The van der Waals surface area contributed by atoms with Gasteiger partial charge >= 0.3 is 0 Å². The van der Waals surface area contributed by atoms with Crippen LogP contribution in [0.1, 0.15) is 20.3 Å². The first-order valence-corrected chi connectivity index (χ1v) is 5.03. The number of carbonyl (C=O) groups excluding carboxylic acids is 1. The third-order valence-corrected chi connectivity index (χ3v) is 2.40. The largest absolute Gasteiger partial charge is 0.351 e. The lowest BCUT2D eigenvalue weighted by molar-refractivity contribution is -0.125. The fourth-order valence-electron chi connectivity index (χ4n) is 1.66. The van der Waals surface area contributed by atoms with Crippen LogP contribution in [0.4, 0.5) is 0 Å². The van der Waals surface area contributed by atoms with Crippen LogP contribution >= 0.6 is 0 Å². The number of likely N-dealkylation sites (N-methyl/N-ethyl adjacent to an activating group) is 1. The van der Waals surface area contributed by atoms with Crippen LogP contribution < -0.4 is 10.7 Å². The Labute approximate surface area is 85.3 Å². The van der Waals surface area contributed by atoms with Gasteiger partial charge in [-0.3, -0.25) is 10.2 Å². The molecule has 0 aromatic carbocycles. The first-order valence-electron chi connectivity index (χ1n) is 5.03. The molecule has 4 nitrogen and oxygen atoms in total. The zero-order valence-electron chi connectivity index (χ0n) is 9.08. The highest BCUT2D eigenvalue weighted by atomic mass is 16.2. The van der Waals surface area contributed by atoms with Crippen molar-refractivity contribution in [2.45, 2.75) is 32.4 Å². The Morgan fingerprint density at radius 2 is 2.43 bits per heavy atom. The molecule has 1 aliphatic rings. The zero-order valence-corrected chi connectivity index (χ0v) is 9.08. The molecule has 80 valence electrons. The number of allylic oxidation sites excluding steroid dienone is 1. The molecule has 4 heteroatoms. The Balaban J connectivity index is 2.37. The van der Waals surface area contributed by atoms with Crippen molar-refractivity contribution in [3.63, 3.8) is 0 Å². The number of hydrogen-bond acceptors (Lipinski definition) is 3. The predicted octanol–water partition coefficient (Wildman–Crippen LogP) is 0.276. The molecule has 2 N–H and O–H groups in total. The van der Waals surface area contributed by atoms with Crippen LogP contribution in [-0.4, -0.2) is 36.6 Å². The van der Waals surface area contributed by atoms with Crippen molar-refractivity contribution in [1.82, 2.24) is 15.8 Å². The van der Waals surface area contributed by atoms with Gasteiger partial charge in [0.05, 0.1) is 0 Å². The number of nitrogens with zero attached hydrogens (tertiary/aromatic N) is 1. The molecule has 1 aliphatic heterocycles. The van der Waals surface area contributed by atoms with E-state index in [0.717, 1.165) is 6.42 Å². The monoisotopic (exact) mass is 197 g/mol. The van der Waals surface area contributed by atoms with Crippen LogP contribution in [0, 0.1) is 0 Å². The molecule has 0 saturated carbocycles. The van der Waals surface area contributed by atoms with Gasteiger partial charge in [-0.1, -0.05) is 12.2 Å². The molecule has 0 spiro atoms. The summed E-state index contributed by atoms with van der Waals surface area (Å²) in [6, 6.07) is 0.354. The van der Waals surface area contributed by atoms with E-state index in [1.165, 1.54) is 0 Å². The minimum absolute atomic E-state index is 0.0322. The van der Waals surface area contributed by atoms with Crippen LogP contribution in [-0.2, 0) is 4.79 Å². The third kappa shape index (κ3) is 2.82. The van der Waals surface area contributed by atoms with Gasteiger partial charge in [0, 0.05) is 19.6 Å². The maximum absolute atomic E-state index is 11.6. The second kappa shape index (κ2) is 5.12. The molecule has 0 bridgehead atoms. The van der Waals surface area contributed by atoms with E-state index in [2.05, 4.69) is 17.7 Å². The summed E-state index contributed by atoms with van der Waals surface area (Å²) in [5.74, 6) is 0.0995. The number of amides is 1. The van der Waals surface area contributed by atoms with E-state index in [0.29, 0.717) is 12.6 Å². The highest BCUT2D eigenvalue weighted by Gasteiger charge is 2.31. The summed E-state index contributed by atoms with van der Waals surface area (Å²) in [7, 11) is 1.91. The van der Waals surface area contributed by atoms with Crippen LogP contribution in [0.15, 0.2) is 12.2 Å². The highest BCUT2D eigenvalue weighted by molar-refractivity contribution is 5.82. The number of rotatable bonds is 3. The maximum Gasteiger partial charge on any atom is 0.239 e. The van der Waals surface area contributed by atoms with Crippen LogP contribution in [0.3, 0.4) is 0 Å². The lowest BCUT2D eigenvalue weighted by Gasteiger charge is -2.17. The summed E-state index contributed by atoms with van der Waals surface area (Å²) in [6.07, 6.45) is 4.74. The second-order valence-electron chi connectivity index (χ2n) is 3.71. The first-order chi connectivity index (χ1) is 6.65. The topological polar surface area (TPSA) is 44.4 Å². The van der Waals surface area contributed by atoms with Crippen LogP contribution in [0.2, 0.25) is 0 Å². The maximum atomic E-state index is 11.6. The van der Waals surface area contributed by atoms with E-state index in [-0.39, 0.29) is 11.9 Å². The van der Waals surface area contributed by atoms with Gasteiger partial charge in [-0.25, -0.2) is 5.01 Å². The minimum Gasteiger partial charge on any atom is -0.351 e. The van der Waals surface area contributed by atoms with Gasteiger partial charge < -0.3 is 5.32 Å². The predicted molar refractivity (Wildman–Crippen MR) is 56.6 cm³/mol. The Bertz CT molecular complexity index is 227. The summed E-state index contributed by atoms with van der Waals surface area (Å²) < 4.78 is 0. The molecule has 1 rings (SSSR count). The van der Waals surface area contributed by atoms with Gasteiger partial charge in [0.25, 0.3) is 0 Å². The molecule has 2 atom stereocenters. The third-order valence-electron chi connectivity index (χ3n) is 2.40. The van der Waals surface area contributed by atoms with Crippen molar-refractivity contribution >= 4 is 5.91 Å². The molecule has 1 fully saturated rings. The summed E-state index contributed by atoms with van der Waals surface area (Å²) in [6.45, 7) is 4.64. The van der Waals surface area contributed by atoms with Crippen LogP contribution in [0.5, 0.6) is 0 Å². The van der Waals surface area contributed by atoms with Crippen LogP contribution in [0.25, 0.3) is 0 Å². The molecule has 0 aromatic heterocycles. The Hall–Kier alpha value is -0.870. The fourth-order valence-corrected chi connectivity index (χ4v) is 1.66. The summed E-state index contributed by atoms with van der Waals surface area (Å²) >= 11 is 0. The number of hydrogen-bond donors (Lipinski definition) is 2. The normalized spacial score (nSPS) is 28.5. The van der Waals surface area contributed by atoms with E-state index in [1.54, 1.807) is 0 Å². The van der Waals surface area contributed by atoms with Crippen molar-refractivity contribution in [2.24, 2.45) is 0 Å². The Morgan fingerprint density at radius 1 is 1.71 bits per heavy atom. The van der Waals surface area contributed by atoms with Gasteiger partial charge in [-0.05, 0) is 20.3 Å². The van der Waals surface area contributed by atoms with Gasteiger partial charge in [-0.2, -0.15) is 0 Å². The average molecular weight is 197 g/mol. The van der Waals surface area contributed by atoms with Gasteiger partial charge in [0.15, 0.2) is 0 Å².